The molecule has 0 radical (unpaired) electrons. The Morgan fingerprint density at radius 2 is 0.545 bits per heavy atom. The highest BCUT2D eigenvalue weighted by Gasteiger charge is 2.24. The third-order valence-electron chi connectivity index (χ3n) is 12.9. The molecule has 88 heavy (non-hydrogen) atoms. The molecular weight excluding hydrogens is 1140 g/mol. The Bertz CT molecular complexity index is 4520. The van der Waals surface area contributed by atoms with E-state index in [1.165, 1.54) is 45.7 Å². The number of nitrogens with one attached hydrogen (secondary N) is 6. The van der Waals surface area contributed by atoms with Crippen LogP contribution in [-0.4, -0.2) is 87.6 Å². The lowest BCUT2D eigenvalue weighted by Gasteiger charge is -2.16. The van der Waals surface area contributed by atoms with Gasteiger partial charge in [0.05, 0.1) is 12.4 Å². The van der Waals surface area contributed by atoms with Crippen molar-refractivity contribution in [1.82, 2.24) is 87.6 Å². The molecule has 0 aliphatic rings. The highest BCUT2D eigenvalue weighted by atomic mass is 19.1. The second-order valence-electron chi connectivity index (χ2n) is 26.9. The van der Waals surface area contributed by atoms with Crippen LogP contribution in [0.5, 0.6) is 0 Å². The van der Waals surface area contributed by atoms with E-state index in [1.807, 2.05) is 137 Å². The minimum absolute atomic E-state index is 0.0880. The second-order valence-corrected chi connectivity index (χ2v) is 26.9. The van der Waals surface area contributed by atoms with Gasteiger partial charge >= 0.3 is 0 Å². The summed E-state index contributed by atoms with van der Waals surface area (Å²) >= 11 is 0. The van der Waals surface area contributed by atoms with Gasteiger partial charge in [0, 0.05) is 57.0 Å². The Kier molecular flexibility index (Phi) is 18.1. The summed E-state index contributed by atoms with van der Waals surface area (Å²) in [6.45, 7) is 35.1. The molecule has 0 amide bonds. The van der Waals surface area contributed by atoms with Gasteiger partial charge < -0.3 is 29.9 Å². The highest BCUT2D eigenvalue weighted by Crippen LogP contribution is 2.21. The summed E-state index contributed by atoms with van der Waals surface area (Å²) < 4.78 is 60.1. The van der Waals surface area contributed by atoms with Gasteiger partial charge in [0.15, 0.2) is 0 Å². The quantitative estimate of drug-likeness (QED) is 0.0779. The molecule has 0 unspecified atom stereocenters. The lowest BCUT2D eigenvalue weighted by Crippen LogP contribution is -2.24. The molecular formula is C60H74F4N18O6. The van der Waals surface area contributed by atoms with E-state index in [1.54, 1.807) is 33.6 Å². The molecule has 6 N–H and O–H groups in total. The summed E-state index contributed by atoms with van der Waals surface area (Å²) in [7, 11) is 0. The Hall–Kier alpha value is -9.76. The first-order valence-corrected chi connectivity index (χ1v) is 27.8. The zero-order valence-corrected chi connectivity index (χ0v) is 52.4. The maximum atomic E-state index is 13.2. The van der Waals surface area contributed by atoms with E-state index in [4.69, 9.17) is 0 Å². The van der Waals surface area contributed by atoms with Gasteiger partial charge in [-0.25, -0.2) is 26.8 Å². The van der Waals surface area contributed by atoms with Gasteiger partial charge in [0.1, 0.15) is 79.7 Å². The van der Waals surface area contributed by atoms with Crippen LogP contribution in [0.15, 0.2) is 114 Å². The van der Waals surface area contributed by atoms with Crippen molar-refractivity contribution < 1.29 is 17.6 Å². The van der Waals surface area contributed by atoms with Gasteiger partial charge in [-0.2, -0.15) is 48.4 Å². The Labute approximate surface area is 499 Å². The van der Waals surface area contributed by atoms with Gasteiger partial charge in [-0.15, -0.1) is 0 Å². The van der Waals surface area contributed by atoms with E-state index in [0.29, 0.717) is 46.0 Å². The molecule has 0 bridgehead atoms. The molecule has 12 rings (SSSR count). The first kappa shape index (κ1) is 65.8. The van der Waals surface area contributed by atoms with Crippen molar-refractivity contribution in [1.29, 1.82) is 0 Å². The van der Waals surface area contributed by atoms with Crippen molar-refractivity contribution in [2.45, 2.75) is 157 Å². The van der Waals surface area contributed by atoms with Crippen molar-refractivity contribution >= 4 is 33.1 Å². The molecule has 0 aliphatic heterocycles. The third kappa shape index (κ3) is 15.2. The number of H-pyrrole nitrogens is 6. The molecule has 0 saturated heterocycles. The van der Waals surface area contributed by atoms with E-state index >= 15 is 0 Å². The smallest absolute Gasteiger partial charge is 0.275 e. The topological polar surface area (TPSA) is 301 Å². The van der Waals surface area contributed by atoms with E-state index in [-0.39, 0.29) is 87.9 Å². The van der Waals surface area contributed by atoms with Crippen LogP contribution in [0, 0.1) is 23.5 Å². The minimum atomic E-state index is -0.526. The lowest BCUT2D eigenvalue weighted by atomic mass is 9.96. The van der Waals surface area contributed by atoms with E-state index < -0.39 is 23.5 Å². The summed E-state index contributed by atoms with van der Waals surface area (Å²) in [5.74, 6) is 1.44. The van der Waals surface area contributed by atoms with E-state index in [0.717, 1.165) is 21.2 Å². The zero-order valence-electron chi connectivity index (χ0n) is 52.4. The average molecular weight is 1220 g/mol. The number of nitrogens with zero attached hydrogens (tertiary/aromatic N) is 12. The predicted molar refractivity (Wildman–Crippen MR) is 327 cm³/mol. The van der Waals surface area contributed by atoms with Gasteiger partial charge in [-0.1, -0.05) is 125 Å². The fourth-order valence-electron chi connectivity index (χ4n) is 7.81. The number of aromatic amines is 6. The number of aromatic nitrogens is 18. The van der Waals surface area contributed by atoms with Crippen molar-refractivity contribution in [3.63, 3.8) is 0 Å². The van der Waals surface area contributed by atoms with Crippen molar-refractivity contribution in [2.75, 3.05) is 0 Å². The molecule has 12 aromatic rings. The largest absolute Gasteiger partial charge is 0.307 e. The first-order chi connectivity index (χ1) is 40.5. The molecule has 0 saturated carbocycles. The van der Waals surface area contributed by atoms with Crippen LogP contribution < -0.4 is 33.4 Å². The summed E-state index contributed by atoms with van der Waals surface area (Å²) in [6.07, 6.45) is 5.94. The van der Waals surface area contributed by atoms with Crippen molar-refractivity contribution in [2.24, 2.45) is 0 Å². The van der Waals surface area contributed by atoms with Crippen molar-refractivity contribution in [3.05, 3.63) is 206 Å². The normalized spacial score (nSPS) is 12.2. The monoisotopic (exact) mass is 1220 g/mol. The molecule has 28 heteroatoms. The molecule has 12 aromatic heterocycles. The maximum absolute atomic E-state index is 13.2. The zero-order chi connectivity index (χ0) is 65.6. The maximum Gasteiger partial charge on any atom is 0.275 e. The van der Waals surface area contributed by atoms with Crippen molar-refractivity contribution in [3.8, 4) is 0 Å². The van der Waals surface area contributed by atoms with Crippen LogP contribution in [0.3, 0.4) is 0 Å². The number of hydrogen-bond donors (Lipinski definition) is 6. The predicted octanol–water partition coefficient (Wildman–Crippen LogP) is 8.48. The summed E-state index contributed by atoms with van der Waals surface area (Å²) in [6, 6.07) is 14.7. The summed E-state index contributed by atoms with van der Waals surface area (Å²) in [5, 5.41) is 25.1. The fraction of sp³-hybridized carbons (Fsp3) is 0.400. The number of rotatable bonds is 0. The van der Waals surface area contributed by atoms with Gasteiger partial charge in [0.2, 0.25) is 11.9 Å². The Morgan fingerprint density at radius 3 is 0.818 bits per heavy atom. The molecule has 468 valence electrons. The first-order valence-electron chi connectivity index (χ1n) is 27.8. The third-order valence-corrected chi connectivity index (χ3v) is 12.9. The number of hydrogen-bond acceptors (Lipinski definition) is 12. The number of fused-ring (bicyclic) bond motifs is 6. The van der Waals surface area contributed by atoms with Crippen LogP contribution in [0.25, 0.3) is 33.1 Å². The average Bonchev–Trinajstić information content (AvgIpc) is 1.86. The Balaban J connectivity index is 0.000000151. The van der Waals surface area contributed by atoms with Crippen LogP contribution in [0.4, 0.5) is 17.6 Å². The highest BCUT2D eigenvalue weighted by molar-refractivity contribution is 5.47. The molecule has 12 heterocycles. The lowest BCUT2D eigenvalue weighted by molar-refractivity contribution is 0.494. The van der Waals surface area contributed by atoms with E-state index in [2.05, 4.69) is 60.5 Å². The van der Waals surface area contributed by atoms with Gasteiger partial charge in [-0.3, -0.25) is 28.8 Å². The van der Waals surface area contributed by atoms with Gasteiger partial charge in [-0.05, 0) is 48.5 Å². The number of halogens is 4. The van der Waals surface area contributed by atoms with Crippen LogP contribution in [-0.2, 0) is 32.5 Å². The SMILES string of the molecule is CC(C)(C)c1nn2c(F)ccc2c(=O)[nH]1.CC(C)(C)c1nn2c(F)ccc2c(=O)[nH]1.CC(C)(C)c1nn2cc(F)cc2c(=O)[nH]1.CC(C)(C)c1nn2cc(F)cc2c(=O)[nH]1.CC(C)(C)c1nn2cccc2c(=O)[nH]1.CC(C)(C)c1nn2cccc2c(=O)[nH]1. The van der Waals surface area contributed by atoms with Crippen LogP contribution in [0.2, 0.25) is 0 Å². The standard InChI is InChI=1S/4C10H12FN3O.2C10H13N3O/c2*1-10(2,3)9-12-8(15)7-4-6(11)5-14(7)13-9;2*1-10(2,3)9-12-8(15)6-4-5-7(11)14(6)13-9;2*1-10(2,3)9-11-8(14)7-5-4-6-13(7)12-9/h4*4-5H,1-3H3,(H,12,13,15);2*4-6H,1-3H3,(H,11,12,14). The second kappa shape index (κ2) is 24.2. The van der Waals surface area contributed by atoms with Crippen LogP contribution >= 0.6 is 0 Å². The minimum Gasteiger partial charge on any atom is -0.307 e. The molecule has 24 nitrogen and oxygen atoms in total. The molecule has 0 atom stereocenters. The molecule has 0 aliphatic carbocycles. The molecule has 0 fully saturated rings. The fourth-order valence-corrected chi connectivity index (χ4v) is 7.81. The van der Waals surface area contributed by atoms with Crippen LogP contribution in [0.1, 0.15) is 160 Å². The summed E-state index contributed by atoms with van der Waals surface area (Å²) in [4.78, 5) is 85.7. The van der Waals surface area contributed by atoms with Gasteiger partial charge in [0.25, 0.3) is 33.4 Å². The molecule has 0 aromatic carbocycles. The Morgan fingerprint density at radius 1 is 0.307 bits per heavy atom. The summed E-state index contributed by atoms with van der Waals surface area (Å²) in [5.41, 5.74) is -0.857. The molecule has 0 spiro atoms. The van der Waals surface area contributed by atoms with E-state index in [9.17, 15) is 46.3 Å².